The molecule has 2 aliphatic rings. The highest BCUT2D eigenvalue weighted by atomic mass is 16.5. The molecule has 0 bridgehead atoms. The Morgan fingerprint density at radius 2 is 1.67 bits per heavy atom. The van der Waals surface area contributed by atoms with Crippen LogP contribution in [0, 0.1) is 16.7 Å². The second-order valence-electron chi connectivity index (χ2n) is 12.4. The first kappa shape index (κ1) is 38.4. The molecule has 43 heavy (non-hydrogen) atoms. The van der Waals surface area contributed by atoms with Gasteiger partial charge in [-0.3, -0.25) is 0 Å². The van der Waals surface area contributed by atoms with Crippen LogP contribution in [-0.4, -0.2) is 59.8 Å². The molecule has 1 fully saturated rings. The Morgan fingerprint density at radius 3 is 2.19 bits per heavy atom. The van der Waals surface area contributed by atoms with Crippen molar-refractivity contribution in [1.29, 1.82) is 10.8 Å². The van der Waals surface area contributed by atoms with Gasteiger partial charge >= 0.3 is 0 Å². The number of para-hydroxylation sites is 2. The molecule has 1 aliphatic heterocycles. The van der Waals surface area contributed by atoms with Gasteiger partial charge in [0.1, 0.15) is 12.4 Å². The number of hydrogen-bond acceptors (Lipinski definition) is 6. The van der Waals surface area contributed by atoms with E-state index in [1.807, 2.05) is 26.8 Å². The molecule has 0 spiro atoms. The van der Waals surface area contributed by atoms with Crippen molar-refractivity contribution in [2.75, 3.05) is 31.1 Å². The van der Waals surface area contributed by atoms with Crippen LogP contribution in [0.1, 0.15) is 120 Å². The number of benzene rings is 1. The summed E-state index contributed by atoms with van der Waals surface area (Å²) in [5.74, 6) is 1.99. The van der Waals surface area contributed by atoms with Crippen molar-refractivity contribution in [1.82, 2.24) is 4.90 Å². The summed E-state index contributed by atoms with van der Waals surface area (Å²) in [7, 11) is 0. The Kier molecular flexibility index (Phi) is 18.9. The van der Waals surface area contributed by atoms with Crippen LogP contribution in [0.15, 0.2) is 47.7 Å². The van der Waals surface area contributed by atoms with E-state index in [2.05, 4.69) is 68.7 Å². The van der Waals surface area contributed by atoms with E-state index in [1.54, 1.807) is 6.08 Å². The van der Waals surface area contributed by atoms with Gasteiger partial charge in [-0.1, -0.05) is 66.2 Å². The quantitative estimate of drug-likeness (QED) is 0.198. The average Bonchev–Trinajstić information content (AvgIpc) is 3.00. The summed E-state index contributed by atoms with van der Waals surface area (Å²) in [4.78, 5) is 4.76. The van der Waals surface area contributed by atoms with Crippen LogP contribution < -0.4 is 9.64 Å². The van der Waals surface area contributed by atoms with E-state index in [1.165, 1.54) is 37.6 Å². The molecule has 0 aromatic heterocycles. The van der Waals surface area contributed by atoms with Crippen molar-refractivity contribution in [2.24, 2.45) is 5.92 Å². The summed E-state index contributed by atoms with van der Waals surface area (Å²) < 4.78 is 5.72. The zero-order chi connectivity index (χ0) is 32.3. The van der Waals surface area contributed by atoms with Crippen LogP contribution in [0.4, 0.5) is 5.69 Å². The number of aliphatic hydroxyl groups is 1. The summed E-state index contributed by atoms with van der Waals surface area (Å²) >= 11 is 0. The summed E-state index contributed by atoms with van der Waals surface area (Å²) in [6, 6.07) is 9.20. The highest BCUT2D eigenvalue weighted by Crippen LogP contribution is 2.36. The Balaban J connectivity index is 0.000000346. The van der Waals surface area contributed by atoms with E-state index in [0.29, 0.717) is 5.71 Å². The summed E-state index contributed by atoms with van der Waals surface area (Å²) in [5.41, 5.74) is 3.22. The maximum Gasteiger partial charge on any atom is 0.142 e. The molecule has 1 aromatic carbocycles. The third kappa shape index (κ3) is 14.2. The van der Waals surface area contributed by atoms with Gasteiger partial charge in [-0.25, -0.2) is 0 Å². The first-order valence-electron chi connectivity index (χ1n) is 17.0. The Labute approximate surface area is 264 Å². The second-order valence-corrected chi connectivity index (χ2v) is 12.4. The normalized spacial score (nSPS) is 19.8. The fraction of sp³-hybridized carbons (Fsp3) is 0.676. The number of rotatable bonds is 13. The SMILES string of the molecule is CC/C=C(\C)C(=N)/C=C(\C=N)N(CCC)CCC.CC1CCC(N2CCOc3ccccc32)CC1.CCCC(C)(O)CC. The van der Waals surface area contributed by atoms with E-state index in [9.17, 15) is 5.11 Å². The lowest BCUT2D eigenvalue weighted by atomic mass is 9.86. The van der Waals surface area contributed by atoms with Crippen LogP contribution in [-0.2, 0) is 0 Å². The number of nitrogens with one attached hydrogen (secondary N) is 2. The molecule has 1 aliphatic carbocycles. The van der Waals surface area contributed by atoms with Gasteiger partial charge in [-0.15, -0.1) is 0 Å². The van der Waals surface area contributed by atoms with Gasteiger partial charge in [0.2, 0.25) is 0 Å². The summed E-state index contributed by atoms with van der Waals surface area (Å²) in [5, 5.41) is 24.9. The molecule has 3 rings (SSSR count). The Morgan fingerprint density at radius 1 is 1.05 bits per heavy atom. The van der Waals surface area contributed by atoms with Gasteiger partial charge in [0.15, 0.2) is 0 Å². The maximum absolute atomic E-state index is 9.32. The van der Waals surface area contributed by atoms with Crippen LogP contribution >= 0.6 is 0 Å². The highest BCUT2D eigenvalue weighted by molar-refractivity contribution is 6.08. The molecular weight excluding hydrogens is 532 g/mol. The molecule has 0 saturated heterocycles. The number of anilines is 1. The lowest BCUT2D eigenvalue weighted by molar-refractivity contribution is 0.0463. The molecule has 3 N–H and O–H groups in total. The third-order valence-electron chi connectivity index (χ3n) is 8.47. The molecule has 1 heterocycles. The van der Waals surface area contributed by atoms with E-state index >= 15 is 0 Å². The minimum atomic E-state index is -0.408. The molecule has 0 radical (unpaired) electrons. The fourth-order valence-electron chi connectivity index (χ4n) is 5.65. The van der Waals surface area contributed by atoms with Gasteiger partial charge in [-0.05, 0) is 101 Å². The lowest BCUT2D eigenvalue weighted by Gasteiger charge is -2.40. The van der Waals surface area contributed by atoms with Gasteiger partial charge < -0.3 is 30.5 Å². The number of fused-ring (bicyclic) bond motifs is 1. The molecule has 1 saturated carbocycles. The first-order chi connectivity index (χ1) is 20.6. The maximum atomic E-state index is 9.32. The minimum Gasteiger partial charge on any atom is -0.490 e. The molecule has 6 nitrogen and oxygen atoms in total. The molecule has 1 unspecified atom stereocenters. The molecule has 1 atom stereocenters. The van der Waals surface area contributed by atoms with E-state index in [-0.39, 0.29) is 0 Å². The molecule has 244 valence electrons. The standard InChI is InChI=1S/C15H27N3.C15H21NO.C7H16O/c1-5-8-13(4)15(17)11-14(12-16)18(9-6-2)10-7-3;1-12-6-8-13(9-7-12)16-10-11-17-15-5-3-2-4-14(15)16;1-4-6-7(3,8)5-2/h8,11-12,16-17H,5-7,9-10H2,1-4H3;2-5,12-13H,6-11H2,1H3;8H,4-6H2,1-3H3/b13-8+,14-11+,16-12?,17-15?;;. The zero-order valence-corrected chi connectivity index (χ0v) is 28.8. The van der Waals surface area contributed by atoms with Crippen LogP contribution in [0.2, 0.25) is 0 Å². The van der Waals surface area contributed by atoms with Crippen molar-refractivity contribution >= 4 is 17.6 Å². The number of ether oxygens (including phenoxy) is 1. The van der Waals surface area contributed by atoms with E-state index in [4.69, 9.17) is 15.6 Å². The molecular formula is C37H64N4O2. The lowest BCUT2D eigenvalue weighted by Crippen LogP contribution is -2.42. The Bertz CT molecular complexity index is 986. The smallest absolute Gasteiger partial charge is 0.142 e. The van der Waals surface area contributed by atoms with Crippen LogP contribution in [0.5, 0.6) is 5.75 Å². The molecule has 1 aromatic rings. The van der Waals surface area contributed by atoms with Crippen molar-refractivity contribution in [3.05, 3.63) is 47.7 Å². The van der Waals surface area contributed by atoms with Crippen LogP contribution in [0.3, 0.4) is 0 Å². The van der Waals surface area contributed by atoms with Crippen molar-refractivity contribution in [3.63, 3.8) is 0 Å². The topological polar surface area (TPSA) is 83.6 Å². The predicted octanol–water partition coefficient (Wildman–Crippen LogP) is 9.43. The van der Waals surface area contributed by atoms with Gasteiger partial charge in [0.25, 0.3) is 0 Å². The first-order valence-corrected chi connectivity index (χ1v) is 17.0. The number of nitrogens with zero attached hydrogens (tertiary/aromatic N) is 2. The monoisotopic (exact) mass is 597 g/mol. The van der Waals surface area contributed by atoms with E-state index < -0.39 is 5.60 Å². The molecule has 0 amide bonds. The van der Waals surface area contributed by atoms with Gasteiger partial charge in [0.05, 0.1) is 29.2 Å². The fourth-order valence-corrected chi connectivity index (χ4v) is 5.65. The van der Waals surface area contributed by atoms with Gasteiger partial charge in [0, 0.05) is 25.3 Å². The minimum absolute atomic E-state index is 0.408. The van der Waals surface area contributed by atoms with Crippen molar-refractivity contribution in [2.45, 2.75) is 131 Å². The predicted molar refractivity (Wildman–Crippen MR) is 187 cm³/mol. The van der Waals surface area contributed by atoms with E-state index in [0.717, 1.165) is 93.7 Å². The largest absolute Gasteiger partial charge is 0.490 e. The van der Waals surface area contributed by atoms with Crippen molar-refractivity contribution in [3.8, 4) is 5.75 Å². The van der Waals surface area contributed by atoms with Crippen LogP contribution in [0.25, 0.3) is 0 Å². The summed E-state index contributed by atoms with van der Waals surface area (Å²) in [6.07, 6.45) is 16.6. The molecule has 6 heteroatoms. The van der Waals surface area contributed by atoms with Gasteiger partial charge in [-0.2, -0.15) is 0 Å². The third-order valence-corrected chi connectivity index (χ3v) is 8.47. The second kappa shape index (κ2) is 21.2. The number of hydrogen-bond donors (Lipinski definition) is 3. The summed E-state index contributed by atoms with van der Waals surface area (Å²) in [6.45, 7) is 20.4. The van der Waals surface area contributed by atoms with Crippen molar-refractivity contribution < 1.29 is 9.84 Å². The number of allylic oxidation sites excluding steroid dienone is 4. The Hall–Kier alpha value is -2.60. The highest BCUT2D eigenvalue weighted by Gasteiger charge is 2.27. The zero-order valence-electron chi connectivity index (χ0n) is 28.8. The average molecular weight is 597 g/mol.